The van der Waals surface area contributed by atoms with E-state index in [0.29, 0.717) is 17.2 Å². The molecule has 1 atom stereocenters. The Morgan fingerprint density at radius 1 is 0.864 bits per heavy atom. The van der Waals surface area contributed by atoms with E-state index in [2.05, 4.69) is 48.7 Å². The van der Waals surface area contributed by atoms with Crippen LogP contribution in [0.3, 0.4) is 0 Å². The van der Waals surface area contributed by atoms with Gasteiger partial charge in [0.2, 0.25) is 0 Å². The van der Waals surface area contributed by atoms with Crippen LogP contribution in [0.2, 0.25) is 0 Å². The number of rotatable bonds is 10. The van der Waals surface area contributed by atoms with Crippen LogP contribution in [-0.4, -0.2) is 46.7 Å². The number of hydrogen-bond acceptors (Lipinski definition) is 7. The van der Waals surface area contributed by atoms with E-state index in [1.54, 1.807) is 42.5 Å². The Balaban J connectivity index is 1.21. The number of benzene rings is 3. The molecule has 0 spiro atoms. The predicted octanol–water partition coefficient (Wildman–Crippen LogP) is 5.59. The molecule has 44 heavy (non-hydrogen) atoms. The van der Waals surface area contributed by atoms with Gasteiger partial charge in [-0.2, -0.15) is 5.21 Å². The summed E-state index contributed by atoms with van der Waals surface area (Å²) in [6.07, 6.45) is 8.02. The summed E-state index contributed by atoms with van der Waals surface area (Å²) in [5.74, 6) is 0.575. The summed E-state index contributed by atoms with van der Waals surface area (Å²) in [7, 11) is -3.42. The Bertz CT molecular complexity index is 1700. The summed E-state index contributed by atoms with van der Waals surface area (Å²) < 4.78 is 25.6. The zero-order chi connectivity index (χ0) is 30.5. The van der Waals surface area contributed by atoms with Crippen molar-refractivity contribution < 1.29 is 18.0 Å². The molecule has 6 rings (SSSR count). The van der Waals surface area contributed by atoms with Crippen molar-refractivity contribution in [2.45, 2.75) is 61.8 Å². The number of nitrogens with zero attached hydrogens (tertiary/aromatic N) is 3. The Kier molecular flexibility index (Phi) is 8.69. The molecule has 12 heteroatoms. The molecule has 228 valence electrons. The number of nitrogens with one attached hydrogen (secondary N) is 4. The molecule has 1 heterocycles. The minimum Gasteiger partial charge on any atom is -0.327 e. The first-order valence-corrected chi connectivity index (χ1v) is 16.6. The Hall–Kier alpha value is -4.58. The number of hydrogen-bond donors (Lipinski definition) is 4. The monoisotopic (exact) mass is 613 g/mol. The lowest BCUT2D eigenvalue weighted by molar-refractivity contribution is 0.102. The van der Waals surface area contributed by atoms with Gasteiger partial charge in [0, 0.05) is 11.3 Å². The maximum absolute atomic E-state index is 13.3. The molecule has 3 aromatic carbocycles. The summed E-state index contributed by atoms with van der Waals surface area (Å²) in [6, 6.07) is 20.6. The van der Waals surface area contributed by atoms with Gasteiger partial charge in [-0.3, -0.25) is 10.1 Å². The van der Waals surface area contributed by atoms with Crippen LogP contribution in [-0.2, 0) is 9.84 Å². The number of aromatic amines is 1. The maximum atomic E-state index is 13.3. The van der Waals surface area contributed by atoms with E-state index in [0.717, 1.165) is 24.0 Å². The second kappa shape index (κ2) is 13.0. The van der Waals surface area contributed by atoms with Gasteiger partial charge in [0.1, 0.15) is 0 Å². The zero-order valence-electron chi connectivity index (χ0n) is 24.2. The molecule has 2 fully saturated rings. The lowest BCUT2D eigenvalue weighted by Crippen LogP contribution is -2.33. The molecule has 2 aliphatic rings. The summed E-state index contributed by atoms with van der Waals surface area (Å²) >= 11 is 0. The topological polar surface area (TPSA) is 159 Å². The Labute approximate surface area is 256 Å². The van der Waals surface area contributed by atoms with Gasteiger partial charge in [-0.05, 0) is 89.8 Å². The number of anilines is 2. The molecule has 2 aliphatic carbocycles. The fourth-order valence-electron chi connectivity index (χ4n) is 5.73. The molecule has 2 saturated carbocycles. The van der Waals surface area contributed by atoms with E-state index in [9.17, 15) is 18.0 Å². The molecule has 0 aliphatic heterocycles. The number of carbonyl (C=O) groups is 2. The van der Waals surface area contributed by atoms with Crippen molar-refractivity contribution in [3.8, 4) is 0 Å². The number of aromatic nitrogens is 4. The first kappa shape index (κ1) is 29.5. The van der Waals surface area contributed by atoms with Crippen LogP contribution >= 0.6 is 0 Å². The molecular formula is C32H35N7O4S. The van der Waals surface area contributed by atoms with E-state index < -0.39 is 27.8 Å². The van der Waals surface area contributed by atoms with Gasteiger partial charge in [-0.25, -0.2) is 13.2 Å². The van der Waals surface area contributed by atoms with E-state index in [4.69, 9.17) is 0 Å². The largest absolute Gasteiger partial charge is 0.327 e. The van der Waals surface area contributed by atoms with Gasteiger partial charge in [0.05, 0.1) is 16.7 Å². The number of amides is 3. The molecule has 0 saturated heterocycles. The van der Waals surface area contributed by atoms with Gasteiger partial charge in [-0.15, -0.1) is 5.10 Å². The average molecular weight is 614 g/mol. The van der Waals surface area contributed by atoms with Crippen LogP contribution in [0.4, 0.5) is 16.4 Å². The number of carbonyl (C=O) groups excluding carboxylic acids is 2. The molecule has 4 N–H and O–H groups in total. The fraction of sp³-hybridized carbons (Fsp3) is 0.344. The van der Waals surface area contributed by atoms with Crippen molar-refractivity contribution in [2.75, 3.05) is 16.4 Å². The minimum absolute atomic E-state index is 0.0674. The van der Waals surface area contributed by atoms with Crippen LogP contribution in [0.25, 0.3) is 0 Å². The summed E-state index contributed by atoms with van der Waals surface area (Å²) in [6.45, 7) is 0. The molecule has 0 bridgehead atoms. The van der Waals surface area contributed by atoms with Crippen LogP contribution in [0, 0.1) is 5.92 Å². The summed E-state index contributed by atoms with van der Waals surface area (Å²) in [4.78, 5) is 26.2. The number of tetrazole rings is 1. The van der Waals surface area contributed by atoms with Crippen molar-refractivity contribution in [3.05, 3.63) is 95.1 Å². The van der Waals surface area contributed by atoms with Gasteiger partial charge >= 0.3 is 6.03 Å². The van der Waals surface area contributed by atoms with Gasteiger partial charge in [0.25, 0.3) is 11.9 Å². The average Bonchev–Trinajstić information content (AvgIpc) is 3.70. The Morgan fingerprint density at radius 3 is 2.23 bits per heavy atom. The summed E-state index contributed by atoms with van der Waals surface area (Å²) in [5.41, 5.74) is 3.72. The maximum Gasteiger partial charge on any atom is 0.319 e. The lowest BCUT2D eigenvalue weighted by Gasteiger charge is -2.24. The van der Waals surface area contributed by atoms with Crippen LogP contribution in [0.1, 0.15) is 84.0 Å². The SMILES string of the molecule is O=C(Nc1cccc(S(=O)(=O)CC2CC2)c1)NC(c1ccc(C(=O)Nc2nn[nH]n2)cc1)c1ccc(C2CCCCC2)cc1. The quantitative estimate of drug-likeness (QED) is 0.181. The van der Waals surface area contributed by atoms with Crippen molar-refractivity contribution in [1.82, 2.24) is 25.9 Å². The third-order valence-electron chi connectivity index (χ3n) is 8.30. The smallest absolute Gasteiger partial charge is 0.319 e. The third-order valence-corrected chi connectivity index (χ3v) is 10.2. The zero-order valence-corrected chi connectivity index (χ0v) is 25.0. The highest BCUT2D eigenvalue weighted by Gasteiger charge is 2.29. The number of sulfone groups is 1. The molecule has 4 aromatic rings. The standard InChI is InChI=1S/C32H35N7O4S/c40-30(35-31-36-38-39-37-31)26-17-15-25(16-18-26)29(24-13-11-23(12-14-24)22-5-2-1-3-6-22)34-32(41)33-27-7-4-8-28(19-27)44(42,43)20-21-9-10-21/h4,7-8,11-19,21-22,29H,1-3,5-6,9-10,20H2,(H2,33,34,41)(H2,35,36,37,38,39,40). The van der Waals surface area contributed by atoms with E-state index in [1.807, 2.05) is 12.1 Å². The number of urea groups is 1. The van der Waals surface area contributed by atoms with E-state index >= 15 is 0 Å². The molecule has 1 aromatic heterocycles. The summed E-state index contributed by atoms with van der Waals surface area (Å²) in [5, 5.41) is 21.6. The third kappa shape index (κ3) is 7.31. The predicted molar refractivity (Wildman–Crippen MR) is 166 cm³/mol. The van der Waals surface area contributed by atoms with E-state index in [-0.39, 0.29) is 22.5 Å². The van der Waals surface area contributed by atoms with Gasteiger partial charge in [0.15, 0.2) is 9.84 Å². The van der Waals surface area contributed by atoms with Crippen LogP contribution < -0.4 is 16.0 Å². The first-order chi connectivity index (χ1) is 21.3. The van der Waals surface area contributed by atoms with Crippen molar-refractivity contribution >= 4 is 33.4 Å². The lowest BCUT2D eigenvalue weighted by atomic mass is 9.83. The van der Waals surface area contributed by atoms with Crippen molar-refractivity contribution in [1.29, 1.82) is 0 Å². The van der Waals surface area contributed by atoms with Gasteiger partial charge in [-0.1, -0.05) is 66.8 Å². The van der Waals surface area contributed by atoms with Crippen LogP contribution in [0.15, 0.2) is 77.7 Å². The molecule has 1 unspecified atom stereocenters. The normalized spacial score (nSPS) is 16.2. The Morgan fingerprint density at radius 2 is 1.57 bits per heavy atom. The second-order valence-electron chi connectivity index (χ2n) is 11.6. The molecule has 3 amide bonds. The molecular weight excluding hydrogens is 578 g/mol. The fourth-order valence-corrected chi connectivity index (χ4v) is 7.47. The number of H-pyrrole nitrogens is 1. The second-order valence-corrected chi connectivity index (χ2v) is 13.6. The molecule has 0 radical (unpaired) electrons. The minimum atomic E-state index is -3.42. The van der Waals surface area contributed by atoms with E-state index in [1.165, 1.54) is 43.7 Å². The van der Waals surface area contributed by atoms with Gasteiger partial charge < -0.3 is 10.6 Å². The molecule has 11 nitrogen and oxygen atoms in total. The van der Waals surface area contributed by atoms with Crippen LogP contribution in [0.5, 0.6) is 0 Å². The highest BCUT2D eigenvalue weighted by molar-refractivity contribution is 7.91. The van der Waals surface area contributed by atoms with Crippen molar-refractivity contribution in [3.63, 3.8) is 0 Å². The highest BCUT2D eigenvalue weighted by atomic mass is 32.2. The highest BCUT2D eigenvalue weighted by Crippen LogP contribution is 2.34. The van der Waals surface area contributed by atoms with Crippen molar-refractivity contribution in [2.24, 2.45) is 5.92 Å². The first-order valence-electron chi connectivity index (χ1n) is 15.0.